The quantitative estimate of drug-likeness (QED) is 0.184. The molecule has 3 heteroatoms. The Morgan fingerprint density at radius 2 is 0.880 bits per heavy atom. The maximum Gasteiger partial charge on any atom is 0.143 e. The van der Waals surface area contributed by atoms with E-state index in [1.807, 2.05) is 23.5 Å². The van der Waals surface area contributed by atoms with Crippen molar-refractivity contribution in [3.63, 3.8) is 0 Å². The number of pyridine rings is 1. The number of hydrogen-bond donors (Lipinski definition) is 0. The number of thiophene rings is 1. The van der Waals surface area contributed by atoms with Crippen LogP contribution in [0.25, 0.3) is 98.0 Å². The molecule has 0 radical (unpaired) electrons. The second-order valence-electron chi connectivity index (χ2n) is 12.7. The smallest absolute Gasteiger partial charge is 0.143 e. The van der Waals surface area contributed by atoms with Crippen LogP contribution in [0.3, 0.4) is 0 Å². The second-order valence-corrected chi connectivity index (χ2v) is 13.7. The average molecular weight is 656 g/mol. The molecule has 0 saturated carbocycles. The van der Waals surface area contributed by atoms with Gasteiger partial charge in [-0.3, -0.25) is 0 Å². The molecule has 7 aromatic carbocycles. The van der Waals surface area contributed by atoms with Crippen LogP contribution in [0.1, 0.15) is 0 Å². The molecule has 3 aromatic heterocycles. The first-order valence-corrected chi connectivity index (χ1v) is 17.7. The summed E-state index contributed by atoms with van der Waals surface area (Å²) in [6.07, 6.45) is 0. The van der Waals surface area contributed by atoms with E-state index in [9.17, 15) is 0 Å². The van der Waals surface area contributed by atoms with Gasteiger partial charge in [0.05, 0.1) is 11.4 Å². The zero-order valence-corrected chi connectivity index (χ0v) is 27.8. The van der Waals surface area contributed by atoms with Gasteiger partial charge in [0, 0.05) is 58.8 Å². The van der Waals surface area contributed by atoms with E-state index in [0.29, 0.717) is 0 Å². The van der Waals surface area contributed by atoms with Crippen molar-refractivity contribution in [2.24, 2.45) is 0 Å². The number of benzene rings is 7. The minimum absolute atomic E-state index is 0.903. The molecule has 0 unspecified atom stereocenters. The molecule has 0 fully saturated rings. The van der Waals surface area contributed by atoms with E-state index in [4.69, 9.17) is 9.40 Å². The Labute approximate surface area is 293 Å². The molecular formula is C47H29NOS. The van der Waals surface area contributed by atoms with Crippen molar-refractivity contribution < 1.29 is 4.42 Å². The fraction of sp³-hybridized carbons (Fsp3) is 0. The van der Waals surface area contributed by atoms with Crippen molar-refractivity contribution in [1.29, 1.82) is 0 Å². The van der Waals surface area contributed by atoms with Crippen LogP contribution >= 0.6 is 11.3 Å². The van der Waals surface area contributed by atoms with Gasteiger partial charge < -0.3 is 4.42 Å². The Balaban J connectivity index is 1.13. The lowest BCUT2D eigenvalue weighted by molar-refractivity contribution is 0.671. The lowest BCUT2D eigenvalue weighted by atomic mass is 9.95. The van der Waals surface area contributed by atoms with Gasteiger partial charge in [0.15, 0.2) is 0 Å². The van der Waals surface area contributed by atoms with Gasteiger partial charge in [0.1, 0.15) is 11.2 Å². The summed E-state index contributed by atoms with van der Waals surface area (Å²) in [6, 6.07) is 62.3. The molecule has 0 saturated heterocycles. The summed E-state index contributed by atoms with van der Waals surface area (Å²) in [4.78, 5) is 5.10. The van der Waals surface area contributed by atoms with Gasteiger partial charge in [-0.2, -0.15) is 0 Å². The Kier molecular flexibility index (Phi) is 6.71. The standard InChI is InChI=1S/C47H29NOS/c1-3-13-30(14-4-1)42-28-34(29-43(48-42)31-15-5-2-6-16-31)32-17-9-18-33(27-32)35-20-10-21-37-38-22-11-23-39(46(38)49-45(35)37)41-25-12-24-40-36-19-7-8-26-44(36)50-47(40)41/h1-29H. The highest BCUT2D eigenvalue weighted by atomic mass is 32.1. The number of rotatable bonds is 5. The summed E-state index contributed by atoms with van der Waals surface area (Å²) in [5, 5.41) is 4.84. The molecule has 234 valence electrons. The zero-order chi connectivity index (χ0) is 33.0. The molecule has 0 atom stereocenters. The third kappa shape index (κ3) is 4.74. The molecule has 0 amide bonds. The highest BCUT2D eigenvalue weighted by Crippen LogP contribution is 2.45. The fourth-order valence-corrected chi connectivity index (χ4v) is 8.53. The normalized spacial score (nSPS) is 11.6. The van der Waals surface area contributed by atoms with Crippen LogP contribution in [0.2, 0.25) is 0 Å². The highest BCUT2D eigenvalue weighted by Gasteiger charge is 2.18. The van der Waals surface area contributed by atoms with Gasteiger partial charge in [-0.1, -0.05) is 152 Å². The molecule has 0 aliphatic rings. The summed E-state index contributed by atoms with van der Waals surface area (Å²) in [5.41, 5.74) is 12.7. The van der Waals surface area contributed by atoms with Crippen LogP contribution < -0.4 is 0 Å². The van der Waals surface area contributed by atoms with Crippen LogP contribution in [-0.4, -0.2) is 4.98 Å². The lowest BCUT2D eigenvalue weighted by Gasteiger charge is -2.12. The molecule has 0 aliphatic carbocycles. The topological polar surface area (TPSA) is 26.0 Å². The molecule has 0 bridgehead atoms. The Morgan fingerprint density at radius 1 is 0.360 bits per heavy atom. The molecule has 0 spiro atoms. The van der Waals surface area contributed by atoms with E-state index < -0.39 is 0 Å². The molecule has 2 nitrogen and oxygen atoms in total. The number of furan rings is 1. The Morgan fingerprint density at radius 3 is 1.60 bits per heavy atom. The Hall–Kier alpha value is -6.29. The predicted molar refractivity (Wildman–Crippen MR) is 212 cm³/mol. The SMILES string of the molecule is c1ccc(-c2cc(-c3cccc(-c4cccc5c4oc4c(-c6cccc7c6sc6ccccc67)cccc45)c3)cc(-c3ccccc3)n2)cc1. The van der Waals surface area contributed by atoms with Gasteiger partial charge >= 0.3 is 0 Å². The van der Waals surface area contributed by atoms with E-state index in [1.54, 1.807) is 0 Å². The van der Waals surface area contributed by atoms with Crippen LogP contribution in [0.4, 0.5) is 0 Å². The number of aromatic nitrogens is 1. The third-order valence-corrected chi connectivity index (χ3v) is 10.9. The first kappa shape index (κ1) is 28.7. The molecule has 0 N–H and O–H groups in total. The number of nitrogens with zero attached hydrogens (tertiary/aromatic N) is 1. The molecule has 3 heterocycles. The first-order chi connectivity index (χ1) is 24.8. The third-order valence-electron chi connectivity index (χ3n) is 9.69. The van der Waals surface area contributed by atoms with Gasteiger partial charge in [0.25, 0.3) is 0 Å². The second kappa shape index (κ2) is 11.7. The summed E-state index contributed by atoms with van der Waals surface area (Å²) < 4.78 is 9.53. The Bertz CT molecular complexity index is 2810. The van der Waals surface area contributed by atoms with Gasteiger partial charge in [0.2, 0.25) is 0 Å². The van der Waals surface area contributed by atoms with E-state index in [1.165, 1.54) is 25.7 Å². The fourth-order valence-electron chi connectivity index (χ4n) is 7.30. The molecule has 0 aliphatic heterocycles. The van der Waals surface area contributed by atoms with Crippen LogP contribution in [0.15, 0.2) is 180 Å². The van der Waals surface area contributed by atoms with E-state index in [0.717, 1.165) is 72.3 Å². The van der Waals surface area contributed by atoms with Crippen molar-refractivity contribution in [2.45, 2.75) is 0 Å². The van der Waals surface area contributed by atoms with Crippen molar-refractivity contribution in [1.82, 2.24) is 4.98 Å². The summed E-state index contributed by atoms with van der Waals surface area (Å²) in [6.45, 7) is 0. The van der Waals surface area contributed by atoms with Crippen LogP contribution in [0.5, 0.6) is 0 Å². The van der Waals surface area contributed by atoms with Gasteiger partial charge in [-0.05, 0) is 41.0 Å². The van der Waals surface area contributed by atoms with Crippen molar-refractivity contribution >= 4 is 53.4 Å². The molecular weight excluding hydrogens is 627 g/mol. The van der Waals surface area contributed by atoms with E-state index in [-0.39, 0.29) is 0 Å². The molecule has 10 aromatic rings. The average Bonchev–Trinajstić information content (AvgIpc) is 3.77. The van der Waals surface area contributed by atoms with Crippen molar-refractivity contribution in [3.8, 4) is 55.9 Å². The highest BCUT2D eigenvalue weighted by molar-refractivity contribution is 7.26. The maximum absolute atomic E-state index is 6.94. The summed E-state index contributed by atoms with van der Waals surface area (Å²) in [5.74, 6) is 0. The predicted octanol–water partition coefficient (Wildman–Crippen LogP) is 13.7. The van der Waals surface area contributed by atoms with Gasteiger partial charge in [-0.15, -0.1) is 11.3 Å². The van der Waals surface area contributed by atoms with Crippen molar-refractivity contribution in [3.05, 3.63) is 176 Å². The number of hydrogen-bond acceptors (Lipinski definition) is 3. The van der Waals surface area contributed by atoms with Gasteiger partial charge in [-0.25, -0.2) is 4.98 Å². The lowest BCUT2D eigenvalue weighted by Crippen LogP contribution is -1.91. The monoisotopic (exact) mass is 655 g/mol. The van der Waals surface area contributed by atoms with E-state index in [2.05, 4.69) is 164 Å². The van der Waals surface area contributed by atoms with Crippen LogP contribution in [0, 0.1) is 0 Å². The minimum Gasteiger partial charge on any atom is -0.455 e. The zero-order valence-electron chi connectivity index (χ0n) is 27.0. The molecule has 50 heavy (non-hydrogen) atoms. The largest absolute Gasteiger partial charge is 0.455 e. The molecule has 10 rings (SSSR count). The summed E-state index contributed by atoms with van der Waals surface area (Å²) >= 11 is 1.85. The van der Waals surface area contributed by atoms with E-state index >= 15 is 0 Å². The minimum atomic E-state index is 0.903. The number of para-hydroxylation sites is 2. The maximum atomic E-state index is 6.94. The van der Waals surface area contributed by atoms with Crippen molar-refractivity contribution in [2.75, 3.05) is 0 Å². The number of fused-ring (bicyclic) bond motifs is 6. The first-order valence-electron chi connectivity index (χ1n) is 16.9. The summed E-state index contributed by atoms with van der Waals surface area (Å²) in [7, 11) is 0. The van der Waals surface area contributed by atoms with Crippen LogP contribution in [-0.2, 0) is 0 Å².